The van der Waals surface area contributed by atoms with Gasteiger partial charge in [0.05, 0.1) is 0 Å². The number of nitrogens with zero attached hydrogens (tertiary/aromatic N) is 2. The number of piperidine rings is 1. The second-order valence-corrected chi connectivity index (χ2v) is 8.59. The van der Waals surface area contributed by atoms with Crippen molar-refractivity contribution in [2.45, 2.75) is 39.5 Å². The fraction of sp³-hybridized carbons (Fsp3) is 0.458. The maximum atomic E-state index is 12.9. The number of nitrogens with one attached hydrogen (secondary N) is 1. The zero-order chi connectivity index (χ0) is 20.4. The fourth-order valence-corrected chi connectivity index (χ4v) is 4.63. The summed E-state index contributed by atoms with van der Waals surface area (Å²) >= 11 is 0. The van der Waals surface area contributed by atoms with Gasteiger partial charge >= 0.3 is 0 Å². The van der Waals surface area contributed by atoms with E-state index in [1.165, 1.54) is 5.56 Å². The van der Waals surface area contributed by atoms with Crippen molar-refractivity contribution in [1.29, 1.82) is 0 Å². The third kappa shape index (κ3) is 4.19. The largest absolute Gasteiger partial charge is 0.355 e. The van der Waals surface area contributed by atoms with Crippen LogP contribution < -0.4 is 5.32 Å². The Hall–Kier alpha value is -2.69. The average Bonchev–Trinajstić information content (AvgIpc) is 3.42. The van der Waals surface area contributed by atoms with Crippen LogP contribution in [0.3, 0.4) is 0 Å². The summed E-state index contributed by atoms with van der Waals surface area (Å²) in [5, 5.41) is 3.08. The van der Waals surface area contributed by atoms with Crippen LogP contribution in [-0.2, 0) is 11.2 Å². The number of carbonyl (C=O) groups is 2. The Morgan fingerprint density at radius 2 is 1.97 bits per heavy atom. The second-order valence-electron chi connectivity index (χ2n) is 8.59. The van der Waals surface area contributed by atoms with Gasteiger partial charge in [-0.2, -0.15) is 0 Å². The van der Waals surface area contributed by atoms with E-state index in [0.717, 1.165) is 55.6 Å². The number of hydrogen-bond acceptors (Lipinski definition) is 3. The molecule has 29 heavy (non-hydrogen) atoms. The van der Waals surface area contributed by atoms with Gasteiger partial charge in [0.1, 0.15) is 0 Å². The molecule has 4 rings (SSSR count). The number of amides is 2. The quantitative estimate of drug-likeness (QED) is 0.851. The van der Waals surface area contributed by atoms with Gasteiger partial charge in [0, 0.05) is 49.4 Å². The summed E-state index contributed by atoms with van der Waals surface area (Å²) in [7, 11) is 0. The number of benzene rings is 1. The summed E-state index contributed by atoms with van der Waals surface area (Å²) in [4.78, 5) is 31.7. The molecule has 0 bridgehead atoms. The van der Waals surface area contributed by atoms with Crippen LogP contribution in [0.15, 0.2) is 42.6 Å². The molecule has 1 aromatic heterocycles. The summed E-state index contributed by atoms with van der Waals surface area (Å²) < 4.78 is 0. The second kappa shape index (κ2) is 7.97. The minimum Gasteiger partial charge on any atom is -0.355 e. The molecular weight excluding hydrogens is 362 g/mol. The molecule has 0 radical (unpaired) electrons. The van der Waals surface area contributed by atoms with Crippen LogP contribution in [0.5, 0.6) is 0 Å². The fourth-order valence-electron chi connectivity index (χ4n) is 4.63. The molecule has 2 heterocycles. The standard InChI is InChI=1S/C24H29N3O2/c1-17-6-7-20(18(2)15-17)23(29)27-13-9-24(10-14-27)16-21(24)22(28)26-12-8-19-5-3-4-11-25-19/h3-7,11,15,21H,8-10,12-14,16H2,1-2H3,(H,26,28). The van der Waals surface area contributed by atoms with Crippen molar-refractivity contribution < 1.29 is 9.59 Å². The monoisotopic (exact) mass is 391 g/mol. The van der Waals surface area contributed by atoms with E-state index in [0.29, 0.717) is 6.54 Å². The van der Waals surface area contributed by atoms with Crippen molar-refractivity contribution in [1.82, 2.24) is 15.2 Å². The van der Waals surface area contributed by atoms with E-state index < -0.39 is 0 Å². The van der Waals surface area contributed by atoms with E-state index in [-0.39, 0.29) is 23.1 Å². The first kappa shape index (κ1) is 19.6. The molecular formula is C24H29N3O2. The first-order chi connectivity index (χ1) is 14.0. The number of carbonyl (C=O) groups excluding carboxylic acids is 2. The van der Waals surface area contributed by atoms with Crippen molar-refractivity contribution in [3.05, 3.63) is 65.0 Å². The zero-order valence-corrected chi connectivity index (χ0v) is 17.3. The Labute approximate surface area is 172 Å². The molecule has 1 aliphatic heterocycles. The zero-order valence-electron chi connectivity index (χ0n) is 17.3. The lowest BCUT2D eigenvalue weighted by atomic mass is 9.90. The van der Waals surface area contributed by atoms with Crippen molar-refractivity contribution in [3.63, 3.8) is 0 Å². The molecule has 1 atom stereocenters. The highest BCUT2D eigenvalue weighted by Gasteiger charge is 2.58. The highest BCUT2D eigenvalue weighted by Crippen LogP contribution is 2.59. The summed E-state index contributed by atoms with van der Waals surface area (Å²) in [5.74, 6) is 0.383. The van der Waals surface area contributed by atoms with E-state index in [4.69, 9.17) is 0 Å². The maximum Gasteiger partial charge on any atom is 0.254 e. The molecule has 1 unspecified atom stereocenters. The first-order valence-electron chi connectivity index (χ1n) is 10.5. The van der Waals surface area contributed by atoms with E-state index in [9.17, 15) is 9.59 Å². The number of rotatable bonds is 5. The minimum absolute atomic E-state index is 0.101. The smallest absolute Gasteiger partial charge is 0.254 e. The van der Waals surface area contributed by atoms with Gasteiger partial charge in [-0.15, -0.1) is 0 Å². The highest BCUT2D eigenvalue weighted by atomic mass is 16.2. The van der Waals surface area contributed by atoms with Gasteiger partial charge in [-0.3, -0.25) is 14.6 Å². The van der Waals surface area contributed by atoms with Gasteiger partial charge in [0.25, 0.3) is 5.91 Å². The maximum absolute atomic E-state index is 12.9. The van der Waals surface area contributed by atoms with Crippen LogP contribution in [0, 0.1) is 25.2 Å². The molecule has 5 heteroatoms. The van der Waals surface area contributed by atoms with Gasteiger partial charge in [-0.05, 0) is 62.3 Å². The molecule has 1 saturated heterocycles. The topological polar surface area (TPSA) is 62.3 Å². The number of aryl methyl sites for hydroxylation is 2. The Morgan fingerprint density at radius 3 is 2.66 bits per heavy atom. The van der Waals surface area contributed by atoms with Gasteiger partial charge in [-0.1, -0.05) is 23.8 Å². The Balaban J connectivity index is 1.26. The molecule has 2 aromatic rings. The first-order valence-corrected chi connectivity index (χ1v) is 10.5. The molecule has 1 aliphatic carbocycles. The number of aromatic nitrogens is 1. The molecule has 2 amide bonds. The normalized spacial score (nSPS) is 19.8. The summed E-state index contributed by atoms with van der Waals surface area (Å²) in [6, 6.07) is 11.8. The van der Waals surface area contributed by atoms with Gasteiger partial charge in [0.2, 0.25) is 5.91 Å². The van der Waals surface area contributed by atoms with Gasteiger partial charge in [0.15, 0.2) is 0 Å². The van der Waals surface area contributed by atoms with Crippen LogP contribution in [0.1, 0.15) is 46.4 Å². The predicted molar refractivity (Wildman–Crippen MR) is 113 cm³/mol. The summed E-state index contributed by atoms with van der Waals surface area (Å²) in [5.41, 5.74) is 4.11. The van der Waals surface area contributed by atoms with Crippen molar-refractivity contribution in [2.24, 2.45) is 11.3 Å². The molecule has 152 valence electrons. The molecule has 2 fully saturated rings. The van der Waals surface area contributed by atoms with Gasteiger partial charge in [-0.25, -0.2) is 0 Å². The SMILES string of the molecule is Cc1ccc(C(=O)N2CCC3(CC2)CC3C(=O)NCCc2ccccn2)c(C)c1. The number of hydrogen-bond donors (Lipinski definition) is 1. The van der Waals surface area contributed by atoms with E-state index in [2.05, 4.69) is 16.4 Å². The van der Waals surface area contributed by atoms with E-state index in [1.54, 1.807) is 6.20 Å². The van der Waals surface area contributed by atoms with Crippen LogP contribution in [0.25, 0.3) is 0 Å². The van der Waals surface area contributed by atoms with Crippen molar-refractivity contribution >= 4 is 11.8 Å². The Bertz CT molecular complexity index is 902. The van der Waals surface area contributed by atoms with Crippen molar-refractivity contribution in [2.75, 3.05) is 19.6 Å². The van der Waals surface area contributed by atoms with Crippen LogP contribution in [-0.4, -0.2) is 41.3 Å². The third-order valence-corrected chi connectivity index (χ3v) is 6.57. The molecule has 5 nitrogen and oxygen atoms in total. The van der Waals surface area contributed by atoms with E-state index >= 15 is 0 Å². The average molecular weight is 392 g/mol. The van der Waals surface area contributed by atoms with Crippen LogP contribution in [0.4, 0.5) is 0 Å². The highest BCUT2D eigenvalue weighted by molar-refractivity contribution is 5.95. The Morgan fingerprint density at radius 1 is 1.17 bits per heavy atom. The molecule has 1 spiro atoms. The number of likely N-dealkylation sites (tertiary alicyclic amines) is 1. The predicted octanol–water partition coefficient (Wildman–Crippen LogP) is 3.30. The lowest BCUT2D eigenvalue weighted by Crippen LogP contribution is -2.41. The molecule has 1 saturated carbocycles. The van der Waals surface area contributed by atoms with Crippen LogP contribution >= 0.6 is 0 Å². The van der Waals surface area contributed by atoms with Crippen LogP contribution in [0.2, 0.25) is 0 Å². The molecule has 1 aromatic carbocycles. The lowest BCUT2D eigenvalue weighted by Gasteiger charge is -2.33. The van der Waals surface area contributed by atoms with E-state index in [1.807, 2.05) is 49.1 Å². The Kier molecular flexibility index (Phi) is 5.39. The van der Waals surface area contributed by atoms with Crippen molar-refractivity contribution in [3.8, 4) is 0 Å². The third-order valence-electron chi connectivity index (χ3n) is 6.57. The minimum atomic E-state index is 0.101. The number of pyridine rings is 1. The summed E-state index contributed by atoms with van der Waals surface area (Å²) in [6.07, 6.45) is 5.32. The molecule has 1 N–H and O–H groups in total. The summed E-state index contributed by atoms with van der Waals surface area (Å²) in [6.45, 7) is 6.14. The van der Waals surface area contributed by atoms with Gasteiger partial charge < -0.3 is 10.2 Å². The lowest BCUT2D eigenvalue weighted by molar-refractivity contribution is -0.123. The molecule has 2 aliphatic rings.